The number of nitrogens with one attached hydrogen (secondary N) is 1. The Hall–Kier alpha value is -0.160. The number of hydrogen-bond acceptors (Lipinski definition) is 4. The van der Waals surface area contributed by atoms with Crippen LogP contribution in [-0.2, 0) is 9.47 Å². The number of methoxy groups -OCH3 is 1. The molecular formula is C12H26N2O2. The van der Waals surface area contributed by atoms with Gasteiger partial charge in [-0.1, -0.05) is 19.8 Å². The topological polar surface area (TPSA) is 56.5 Å². The summed E-state index contributed by atoms with van der Waals surface area (Å²) in [7, 11) is 1.69. The van der Waals surface area contributed by atoms with Gasteiger partial charge >= 0.3 is 0 Å². The number of hydrazine groups is 1. The first-order valence-corrected chi connectivity index (χ1v) is 6.30. The van der Waals surface area contributed by atoms with E-state index in [9.17, 15) is 0 Å². The number of rotatable bonds is 7. The van der Waals surface area contributed by atoms with Gasteiger partial charge in [0.05, 0.1) is 19.8 Å². The molecule has 3 N–H and O–H groups in total. The minimum Gasteiger partial charge on any atom is -0.382 e. The zero-order valence-corrected chi connectivity index (χ0v) is 10.6. The van der Waals surface area contributed by atoms with Crippen molar-refractivity contribution in [3.63, 3.8) is 0 Å². The summed E-state index contributed by atoms with van der Waals surface area (Å²) in [5, 5.41) is 0. The van der Waals surface area contributed by atoms with E-state index < -0.39 is 0 Å². The van der Waals surface area contributed by atoms with Gasteiger partial charge in [-0.05, 0) is 24.7 Å². The third-order valence-corrected chi connectivity index (χ3v) is 3.49. The quantitative estimate of drug-likeness (QED) is 0.393. The van der Waals surface area contributed by atoms with Gasteiger partial charge in [-0.25, -0.2) is 0 Å². The van der Waals surface area contributed by atoms with Crippen LogP contribution in [0.1, 0.15) is 32.6 Å². The third-order valence-electron chi connectivity index (χ3n) is 3.49. The second-order valence-electron chi connectivity index (χ2n) is 4.87. The molecule has 1 saturated carbocycles. The fourth-order valence-corrected chi connectivity index (χ4v) is 2.52. The Balaban J connectivity index is 2.23. The molecule has 0 saturated heterocycles. The summed E-state index contributed by atoms with van der Waals surface area (Å²) in [6.45, 7) is 4.32. The van der Waals surface area contributed by atoms with Gasteiger partial charge in [0.1, 0.15) is 0 Å². The molecule has 0 bridgehead atoms. The van der Waals surface area contributed by atoms with E-state index >= 15 is 0 Å². The van der Waals surface area contributed by atoms with E-state index in [4.69, 9.17) is 15.3 Å². The minimum atomic E-state index is 0.291. The van der Waals surface area contributed by atoms with Crippen molar-refractivity contribution in [1.29, 1.82) is 0 Å². The molecule has 3 unspecified atom stereocenters. The van der Waals surface area contributed by atoms with Crippen molar-refractivity contribution in [3.05, 3.63) is 0 Å². The predicted octanol–water partition coefficient (Wildman–Crippen LogP) is 1.31. The monoisotopic (exact) mass is 230 g/mol. The van der Waals surface area contributed by atoms with Crippen molar-refractivity contribution < 1.29 is 9.47 Å². The van der Waals surface area contributed by atoms with Gasteiger partial charge in [-0.15, -0.1) is 0 Å². The van der Waals surface area contributed by atoms with Crippen molar-refractivity contribution in [2.45, 2.75) is 38.6 Å². The molecule has 0 aliphatic heterocycles. The molecule has 4 heteroatoms. The van der Waals surface area contributed by atoms with Crippen LogP contribution < -0.4 is 11.3 Å². The van der Waals surface area contributed by atoms with Crippen molar-refractivity contribution in [2.24, 2.45) is 17.7 Å². The lowest BCUT2D eigenvalue weighted by atomic mass is 9.79. The van der Waals surface area contributed by atoms with Crippen LogP contribution in [0.25, 0.3) is 0 Å². The minimum absolute atomic E-state index is 0.291. The summed E-state index contributed by atoms with van der Waals surface area (Å²) < 4.78 is 10.5. The second-order valence-corrected chi connectivity index (χ2v) is 4.87. The average molecular weight is 230 g/mol. The Morgan fingerprint density at radius 2 is 2.19 bits per heavy atom. The lowest BCUT2D eigenvalue weighted by molar-refractivity contribution is 0.0423. The Kier molecular flexibility index (Phi) is 6.96. The first-order chi connectivity index (χ1) is 7.77. The first-order valence-electron chi connectivity index (χ1n) is 6.30. The van der Waals surface area contributed by atoms with Crippen LogP contribution in [-0.4, -0.2) is 33.0 Å². The van der Waals surface area contributed by atoms with E-state index in [1.165, 1.54) is 25.7 Å². The largest absolute Gasteiger partial charge is 0.382 e. The van der Waals surface area contributed by atoms with Crippen LogP contribution in [0.3, 0.4) is 0 Å². The van der Waals surface area contributed by atoms with E-state index in [0.717, 1.165) is 5.92 Å². The van der Waals surface area contributed by atoms with Gasteiger partial charge in [-0.3, -0.25) is 11.3 Å². The molecule has 1 aliphatic rings. The van der Waals surface area contributed by atoms with Gasteiger partial charge in [0.2, 0.25) is 0 Å². The van der Waals surface area contributed by atoms with Crippen LogP contribution in [0.2, 0.25) is 0 Å². The van der Waals surface area contributed by atoms with Gasteiger partial charge < -0.3 is 9.47 Å². The number of ether oxygens (including phenoxy) is 2. The molecule has 1 aliphatic carbocycles. The molecule has 0 aromatic carbocycles. The number of nitrogens with two attached hydrogens (primary N) is 1. The zero-order chi connectivity index (χ0) is 11.8. The summed E-state index contributed by atoms with van der Waals surface area (Å²) in [4.78, 5) is 0. The smallest absolute Gasteiger partial charge is 0.0701 e. The molecule has 0 aromatic rings. The maximum absolute atomic E-state index is 5.60. The Morgan fingerprint density at radius 1 is 1.38 bits per heavy atom. The molecule has 1 fully saturated rings. The van der Waals surface area contributed by atoms with E-state index in [2.05, 4.69) is 12.3 Å². The molecule has 1 rings (SSSR count). The van der Waals surface area contributed by atoms with Crippen LogP contribution in [0.4, 0.5) is 0 Å². The normalized spacial score (nSPS) is 27.9. The molecule has 0 radical (unpaired) electrons. The third kappa shape index (κ3) is 4.78. The highest BCUT2D eigenvalue weighted by Crippen LogP contribution is 2.30. The average Bonchev–Trinajstić information content (AvgIpc) is 2.29. The van der Waals surface area contributed by atoms with Crippen LogP contribution in [0.15, 0.2) is 0 Å². The van der Waals surface area contributed by atoms with E-state index in [0.29, 0.717) is 31.8 Å². The van der Waals surface area contributed by atoms with E-state index in [-0.39, 0.29) is 0 Å². The summed E-state index contributed by atoms with van der Waals surface area (Å²) in [5.41, 5.74) is 2.90. The Bertz CT molecular complexity index is 178. The van der Waals surface area contributed by atoms with Gasteiger partial charge in [-0.2, -0.15) is 0 Å². The molecule has 0 aromatic heterocycles. The lowest BCUT2D eigenvalue weighted by Gasteiger charge is -2.32. The molecule has 16 heavy (non-hydrogen) atoms. The second kappa shape index (κ2) is 8.01. The summed E-state index contributed by atoms with van der Waals surface area (Å²) in [6.07, 6.45) is 5.22. The molecule has 0 spiro atoms. The summed E-state index contributed by atoms with van der Waals surface area (Å²) in [5.74, 6) is 7.09. The van der Waals surface area contributed by atoms with Crippen molar-refractivity contribution in [3.8, 4) is 0 Å². The molecule has 3 atom stereocenters. The molecule has 4 nitrogen and oxygen atoms in total. The van der Waals surface area contributed by atoms with Crippen LogP contribution >= 0.6 is 0 Å². The highest BCUT2D eigenvalue weighted by molar-refractivity contribution is 4.80. The predicted molar refractivity (Wildman–Crippen MR) is 64.9 cm³/mol. The van der Waals surface area contributed by atoms with E-state index in [1.807, 2.05) is 0 Å². The van der Waals surface area contributed by atoms with Crippen LogP contribution in [0, 0.1) is 11.8 Å². The first kappa shape index (κ1) is 13.9. The maximum Gasteiger partial charge on any atom is 0.0701 e. The van der Waals surface area contributed by atoms with Crippen molar-refractivity contribution in [2.75, 3.05) is 26.9 Å². The number of hydrogen-bond donors (Lipinski definition) is 2. The fraction of sp³-hybridized carbons (Fsp3) is 1.00. The molecule has 0 heterocycles. The van der Waals surface area contributed by atoms with Crippen molar-refractivity contribution >= 4 is 0 Å². The highest BCUT2D eigenvalue weighted by atomic mass is 16.5. The fourth-order valence-electron chi connectivity index (χ4n) is 2.52. The summed E-state index contributed by atoms with van der Waals surface area (Å²) in [6, 6.07) is 0.291. The SMILES string of the molecule is COCCOCC(NN)C1CCCC(C)C1. The van der Waals surface area contributed by atoms with Crippen LogP contribution in [0.5, 0.6) is 0 Å². The Morgan fingerprint density at radius 3 is 2.81 bits per heavy atom. The molecule has 96 valence electrons. The molecule has 0 amide bonds. The van der Waals surface area contributed by atoms with Crippen molar-refractivity contribution in [1.82, 2.24) is 5.43 Å². The van der Waals surface area contributed by atoms with E-state index in [1.54, 1.807) is 7.11 Å². The zero-order valence-electron chi connectivity index (χ0n) is 10.6. The lowest BCUT2D eigenvalue weighted by Crippen LogP contribution is -2.45. The Labute approximate surface area is 98.8 Å². The molecular weight excluding hydrogens is 204 g/mol. The summed E-state index contributed by atoms with van der Waals surface area (Å²) >= 11 is 0. The van der Waals surface area contributed by atoms with Gasteiger partial charge in [0, 0.05) is 13.2 Å². The maximum atomic E-state index is 5.60. The van der Waals surface area contributed by atoms with Gasteiger partial charge in [0.25, 0.3) is 0 Å². The highest BCUT2D eigenvalue weighted by Gasteiger charge is 2.25. The van der Waals surface area contributed by atoms with Gasteiger partial charge in [0.15, 0.2) is 0 Å². The standard InChI is InChI=1S/C12H26N2O2/c1-10-4-3-5-11(8-10)12(14-13)9-16-7-6-15-2/h10-12,14H,3-9,13H2,1-2H3.